The molecule has 5 nitrogen and oxygen atoms in total. The second-order valence-electron chi connectivity index (χ2n) is 7.17. The topological polar surface area (TPSA) is 66.9 Å². The highest BCUT2D eigenvalue weighted by Gasteiger charge is 2.08. The first kappa shape index (κ1) is 20.2. The van der Waals surface area contributed by atoms with E-state index in [4.69, 9.17) is 0 Å². The van der Waals surface area contributed by atoms with Crippen molar-refractivity contribution < 1.29 is 9.18 Å². The van der Waals surface area contributed by atoms with Crippen LogP contribution in [0.2, 0.25) is 0 Å². The van der Waals surface area contributed by atoms with Crippen LogP contribution in [-0.2, 0) is 6.54 Å². The lowest BCUT2D eigenvalue weighted by Gasteiger charge is -2.10. The highest BCUT2D eigenvalue weighted by atomic mass is 19.1. The molecule has 4 aromatic rings. The maximum atomic E-state index is 13.2. The number of halogens is 1. The molecule has 0 aliphatic heterocycles. The first-order valence-corrected chi connectivity index (χ1v) is 9.86. The van der Waals surface area contributed by atoms with Gasteiger partial charge in [0, 0.05) is 29.4 Å². The molecule has 0 atom stereocenters. The molecule has 0 unspecified atom stereocenters. The van der Waals surface area contributed by atoms with Gasteiger partial charge in [-0.15, -0.1) is 0 Å². The van der Waals surface area contributed by atoms with Gasteiger partial charge in [-0.1, -0.05) is 35.9 Å². The van der Waals surface area contributed by atoms with Crippen molar-refractivity contribution in [2.75, 3.05) is 5.32 Å². The van der Waals surface area contributed by atoms with Crippen LogP contribution in [0.4, 0.5) is 15.9 Å². The van der Waals surface area contributed by atoms with Crippen LogP contribution < -0.4 is 10.6 Å². The summed E-state index contributed by atoms with van der Waals surface area (Å²) in [7, 11) is 0. The average Bonchev–Trinajstić information content (AvgIpc) is 2.78. The quantitative estimate of drug-likeness (QED) is 0.453. The Morgan fingerprint density at radius 3 is 2.55 bits per heavy atom. The monoisotopic (exact) mass is 412 g/mol. The number of carbonyl (C=O) groups is 1. The molecule has 31 heavy (non-hydrogen) atoms. The van der Waals surface area contributed by atoms with Crippen molar-refractivity contribution in [3.8, 4) is 11.3 Å². The number of amides is 1. The van der Waals surface area contributed by atoms with Crippen LogP contribution in [0.15, 0.2) is 85.2 Å². The van der Waals surface area contributed by atoms with E-state index in [0.717, 1.165) is 22.4 Å². The second-order valence-corrected chi connectivity index (χ2v) is 7.17. The van der Waals surface area contributed by atoms with Gasteiger partial charge in [0.25, 0.3) is 5.91 Å². The van der Waals surface area contributed by atoms with Crippen molar-refractivity contribution >= 4 is 17.4 Å². The fourth-order valence-corrected chi connectivity index (χ4v) is 3.20. The molecule has 2 N–H and O–H groups in total. The summed E-state index contributed by atoms with van der Waals surface area (Å²) < 4.78 is 13.2. The van der Waals surface area contributed by atoms with Crippen molar-refractivity contribution in [2.24, 2.45) is 0 Å². The Balaban J connectivity index is 1.45. The minimum Gasteiger partial charge on any atom is -0.348 e. The Morgan fingerprint density at radius 1 is 0.935 bits per heavy atom. The van der Waals surface area contributed by atoms with Gasteiger partial charge in [0.15, 0.2) is 0 Å². The predicted octanol–water partition coefficient (Wildman–Crippen LogP) is 5.26. The van der Waals surface area contributed by atoms with Crippen LogP contribution in [0.1, 0.15) is 21.5 Å². The van der Waals surface area contributed by atoms with Gasteiger partial charge in [-0.25, -0.2) is 14.4 Å². The number of carbonyl (C=O) groups excluding carboxylic acids is 1. The van der Waals surface area contributed by atoms with E-state index >= 15 is 0 Å². The number of anilines is 2. The Morgan fingerprint density at radius 2 is 1.74 bits per heavy atom. The smallest absolute Gasteiger partial charge is 0.251 e. The number of rotatable bonds is 6. The normalized spacial score (nSPS) is 10.5. The summed E-state index contributed by atoms with van der Waals surface area (Å²) in [6, 6.07) is 23.1. The van der Waals surface area contributed by atoms with Gasteiger partial charge in [-0.3, -0.25) is 4.79 Å². The maximum absolute atomic E-state index is 13.2. The average molecular weight is 412 g/mol. The van der Waals surface area contributed by atoms with Crippen LogP contribution >= 0.6 is 0 Å². The Labute approximate surface area is 180 Å². The summed E-state index contributed by atoms with van der Waals surface area (Å²) in [4.78, 5) is 21.1. The summed E-state index contributed by atoms with van der Waals surface area (Å²) in [5.41, 5.74) is 4.94. The summed E-state index contributed by atoms with van der Waals surface area (Å²) in [6.07, 6.45) is 1.44. The van der Waals surface area contributed by atoms with Crippen molar-refractivity contribution in [1.82, 2.24) is 15.3 Å². The van der Waals surface area contributed by atoms with Crippen molar-refractivity contribution in [1.29, 1.82) is 0 Å². The minimum atomic E-state index is -0.298. The number of hydrogen-bond donors (Lipinski definition) is 2. The van der Waals surface area contributed by atoms with E-state index < -0.39 is 0 Å². The fraction of sp³-hybridized carbons (Fsp3) is 0.0800. The first-order valence-electron chi connectivity index (χ1n) is 9.86. The number of benzene rings is 3. The Hall–Kier alpha value is -4.06. The lowest BCUT2D eigenvalue weighted by molar-refractivity contribution is 0.0951. The molecular formula is C25H21FN4O. The molecule has 3 aromatic carbocycles. The lowest BCUT2D eigenvalue weighted by atomic mass is 10.1. The van der Waals surface area contributed by atoms with Crippen LogP contribution in [0.3, 0.4) is 0 Å². The van der Waals surface area contributed by atoms with E-state index in [1.165, 1.54) is 18.5 Å². The van der Waals surface area contributed by atoms with Crippen molar-refractivity contribution in [3.05, 3.63) is 108 Å². The first-order chi connectivity index (χ1) is 15.1. The van der Waals surface area contributed by atoms with E-state index in [1.807, 2.05) is 43.3 Å². The molecular weight excluding hydrogens is 391 g/mol. The molecule has 4 rings (SSSR count). The van der Waals surface area contributed by atoms with Gasteiger partial charge >= 0.3 is 0 Å². The lowest BCUT2D eigenvalue weighted by Crippen LogP contribution is -2.22. The molecule has 1 amide bonds. The summed E-state index contributed by atoms with van der Waals surface area (Å²) in [6.45, 7) is 2.49. The highest BCUT2D eigenvalue weighted by Crippen LogP contribution is 2.22. The minimum absolute atomic E-state index is 0.153. The number of nitrogens with one attached hydrogen (secondary N) is 2. The van der Waals surface area contributed by atoms with E-state index in [1.54, 1.807) is 30.3 Å². The van der Waals surface area contributed by atoms with E-state index in [0.29, 0.717) is 23.6 Å². The van der Waals surface area contributed by atoms with Gasteiger partial charge in [-0.05, 0) is 55.0 Å². The summed E-state index contributed by atoms with van der Waals surface area (Å²) >= 11 is 0. The van der Waals surface area contributed by atoms with Gasteiger partial charge < -0.3 is 10.6 Å². The second kappa shape index (κ2) is 9.17. The van der Waals surface area contributed by atoms with Gasteiger partial charge in [0.05, 0.1) is 5.69 Å². The SMILES string of the molecule is Cc1cccc(CNC(=O)c2cccc(Nc3cc(-c4ccc(F)cc4)ncn3)c2)c1. The van der Waals surface area contributed by atoms with Crippen LogP contribution in [0.5, 0.6) is 0 Å². The van der Waals surface area contributed by atoms with Crippen LogP contribution in [0, 0.1) is 12.7 Å². The van der Waals surface area contributed by atoms with Crippen molar-refractivity contribution in [3.63, 3.8) is 0 Å². The van der Waals surface area contributed by atoms with Crippen molar-refractivity contribution in [2.45, 2.75) is 13.5 Å². The molecule has 0 saturated heterocycles. The third kappa shape index (κ3) is 5.30. The molecule has 0 fully saturated rings. The van der Waals surface area contributed by atoms with Gasteiger partial charge in [0.2, 0.25) is 0 Å². The predicted molar refractivity (Wildman–Crippen MR) is 119 cm³/mol. The zero-order valence-electron chi connectivity index (χ0n) is 17.0. The van der Waals surface area contributed by atoms with Gasteiger partial charge in [-0.2, -0.15) is 0 Å². The zero-order chi connectivity index (χ0) is 21.6. The summed E-state index contributed by atoms with van der Waals surface area (Å²) in [5, 5.41) is 6.14. The molecule has 6 heteroatoms. The highest BCUT2D eigenvalue weighted by molar-refractivity contribution is 5.95. The maximum Gasteiger partial charge on any atom is 0.251 e. The Kier molecular flexibility index (Phi) is 5.98. The number of nitrogens with zero attached hydrogens (tertiary/aromatic N) is 2. The number of hydrogen-bond acceptors (Lipinski definition) is 4. The summed E-state index contributed by atoms with van der Waals surface area (Å²) in [5.74, 6) is 0.125. The molecule has 0 radical (unpaired) electrons. The van der Waals surface area contributed by atoms with Gasteiger partial charge in [0.1, 0.15) is 18.0 Å². The molecule has 0 saturated carbocycles. The fourth-order valence-electron chi connectivity index (χ4n) is 3.20. The van der Waals surface area contributed by atoms with Crippen LogP contribution in [0.25, 0.3) is 11.3 Å². The molecule has 0 aliphatic rings. The molecule has 0 spiro atoms. The Bertz CT molecular complexity index is 1210. The zero-order valence-corrected chi connectivity index (χ0v) is 17.0. The molecule has 154 valence electrons. The molecule has 0 bridgehead atoms. The molecule has 0 aliphatic carbocycles. The third-order valence-electron chi connectivity index (χ3n) is 4.74. The standard InChI is InChI=1S/C25H21FN4O/c1-17-4-2-5-18(12-17)15-27-25(31)20-6-3-7-22(13-20)30-24-14-23(28-16-29-24)19-8-10-21(26)11-9-19/h2-14,16H,15H2,1H3,(H,27,31)(H,28,29,30). The number of aryl methyl sites for hydroxylation is 1. The largest absolute Gasteiger partial charge is 0.348 e. The van der Waals surface area contributed by atoms with Crippen LogP contribution in [-0.4, -0.2) is 15.9 Å². The van der Waals surface area contributed by atoms with E-state index in [9.17, 15) is 9.18 Å². The van der Waals surface area contributed by atoms with E-state index in [2.05, 4.69) is 20.6 Å². The molecule has 1 heterocycles. The number of aromatic nitrogens is 2. The molecule has 1 aromatic heterocycles. The third-order valence-corrected chi connectivity index (χ3v) is 4.74. The van der Waals surface area contributed by atoms with E-state index in [-0.39, 0.29) is 11.7 Å².